The van der Waals surface area contributed by atoms with Crippen LogP contribution >= 0.6 is 0 Å². The van der Waals surface area contributed by atoms with Gasteiger partial charge in [-0.25, -0.2) is 0 Å². The molecule has 0 atom stereocenters. The number of nitrogens with zero attached hydrogens (tertiary/aromatic N) is 3. The van der Waals surface area contributed by atoms with Crippen molar-refractivity contribution in [1.29, 1.82) is 0 Å². The quantitative estimate of drug-likeness (QED) is 0.695. The topological polar surface area (TPSA) is 30.9 Å². The second-order valence-corrected chi connectivity index (χ2v) is 5.62. The molecule has 0 aromatic heterocycles. The summed E-state index contributed by atoms with van der Waals surface area (Å²) in [6.45, 7) is 4.45. The minimum Gasteiger partial charge on any atom is -0.369 e. The van der Waals surface area contributed by atoms with Crippen molar-refractivity contribution in [3.05, 3.63) is 60.2 Å². The summed E-state index contributed by atoms with van der Waals surface area (Å²) >= 11 is 0. The highest BCUT2D eigenvalue weighted by Gasteiger charge is 2.13. The number of anilines is 2. The van der Waals surface area contributed by atoms with Gasteiger partial charge in [0.25, 0.3) is 0 Å². The zero-order valence-corrected chi connectivity index (χ0v) is 12.9. The SMILES string of the molecule is CN1CCN(c2ccc(/C=N/Nc3ccccc3)cc2)CC1. The Labute approximate surface area is 132 Å². The Bertz CT molecular complexity index is 599. The summed E-state index contributed by atoms with van der Waals surface area (Å²) < 4.78 is 0. The molecular formula is C18H22N4. The lowest BCUT2D eigenvalue weighted by atomic mass is 10.2. The number of para-hydroxylation sites is 1. The Morgan fingerprint density at radius 2 is 1.59 bits per heavy atom. The van der Waals surface area contributed by atoms with Crippen molar-refractivity contribution in [1.82, 2.24) is 4.90 Å². The monoisotopic (exact) mass is 294 g/mol. The molecule has 1 aliphatic heterocycles. The van der Waals surface area contributed by atoms with Gasteiger partial charge in [0.1, 0.15) is 0 Å². The van der Waals surface area contributed by atoms with Crippen molar-refractivity contribution in [2.24, 2.45) is 5.10 Å². The molecular weight excluding hydrogens is 272 g/mol. The van der Waals surface area contributed by atoms with E-state index >= 15 is 0 Å². The minimum absolute atomic E-state index is 0.993. The Morgan fingerprint density at radius 3 is 2.27 bits per heavy atom. The van der Waals surface area contributed by atoms with Gasteiger partial charge in [0, 0.05) is 31.9 Å². The van der Waals surface area contributed by atoms with Gasteiger partial charge in [-0.05, 0) is 36.9 Å². The van der Waals surface area contributed by atoms with Gasteiger partial charge < -0.3 is 9.80 Å². The van der Waals surface area contributed by atoms with Crippen LogP contribution in [0.25, 0.3) is 0 Å². The maximum absolute atomic E-state index is 4.27. The van der Waals surface area contributed by atoms with Gasteiger partial charge in [-0.1, -0.05) is 30.3 Å². The van der Waals surface area contributed by atoms with Crippen LogP contribution < -0.4 is 10.3 Å². The van der Waals surface area contributed by atoms with Gasteiger partial charge in [0.15, 0.2) is 0 Å². The molecule has 0 aliphatic carbocycles. The summed E-state index contributed by atoms with van der Waals surface area (Å²) in [6.07, 6.45) is 1.85. The molecule has 0 spiro atoms. The molecule has 1 saturated heterocycles. The molecule has 1 aliphatic rings. The average Bonchev–Trinajstić information content (AvgIpc) is 2.57. The van der Waals surface area contributed by atoms with Crippen LogP contribution in [-0.2, 0) is 0 Å². The zero-order chi connectivity index (χ0) is 15.2. The highest BCUT2D eigenvalue weighted by Crippen LogP contribution is 2.16. The fourth-order valence-corrected chi connectivity index (χ4v) is 2.53. The third-order valence-corrected chi connectivity index (χ3v) is 3.94. The molecule has 2 aromatic rings. The smallest absolute Gasteiger partial charge is 0.0561 e. The first kappa shape index (κ1) is 14.6. The molecule has 1 fully saturated rings. The van der Waals surface area contributed by atoms with E-state index in [0.717, 1.165) is 37.4 Å². The number of hydrazone groups is 1. The van der Waals surface area contributed by atoms with Crippen LogP contribution in [0.4, 0.5) is 11.4 Å². The van der Waals surface area contributed by atoms with Crippen molar-refractivity contribution < 1.29 is 0 Å². The molecule has 4 heteroatoms. The van der Waals surface area contributed by atoms with E-state index in [-0.39, 0.29) is 0 Å². The number of hydrogen-bond acceptors (Lipinski definition) is 4. The lowest BCUT2D eigenvalue weighted by molar-refractivity contribution is 0.313. The lowest BCUT2D eigenvalue weighted by Gasteiger charge is -2.34. The Kier molecular flexibility index (Phi) is 4.71. The van der Waals surface area contributed by atoms with E-state index in [9.17, 15) is 0 Å². The van der Waals surface area contributed by atoms with Crippen molar-refractivity contribution in [3.8, 4) is 0 Å². The van der Waals surface area contributed by atoms with Crippen LogP contribution in [0.5, 0.6) is 0 Å². The van der Waals surface area contributed by atoms with Crippen LogP contribution in [0.1, 0.15) is 5.56 Å². The van der Waals surface area contributed by atoms with Gasteiger partial charge in [-0.2, -0.15) is 5.10 Å². The summed E-state index contributed by atoms with van der Waals surface area (Å²) in [4.78, 5) is 4.80. The molecule has 1 heterocycles. The second kappa shape index (κ2) is 7.09. The fraction of sp³-hybridized carbons (Fsp3) is 0.278. The van der Waals surface area contributed by atoms with Crippen LogP contribution in [-0.4, -0.2) is 44.3 Å². The largest absolute Gasteiger partial charge is 0.369 e. The minimum atomic E-state index is 0.993. The van der Waals surface area contributed by atoms with Crippen molar-refractivity contribution >= 4 is 17.6 Å². The fourth-order valence-electron chi connectivity index (χ4n) is 2.53. The Hall–Kier alpha value is -2.33. The molecule has 0 unspecified atom stereocenters. The van der Waals surface area contributed by atoms with Gasteiger partial charge in [-0.3, -0.25) is 5.43 Å². The Balaban J connectivity index is 1.57. The highest BCUT2D eigenvalue weighted by atomic mass is 15.3. The number of likely N-dealkylation sites (N-methyl/N-ethyl adjacent to an activating group) is 1. The number of nitrogens with one attached hydrogen (secondary N) is 1. The number of piperazine rings is 1. The summed E-state index contributed by atoms with van der Waals surface area (Å²) in [6, 6.07) is 18.5. The van der Waals surface area contributed by atoms with Gasteiger partial charge in [-0.15, -0.1) is 0 Å². The molecule has 4 nitrogen and oxygen atoms in total. The first-order valence-electron chi connectivity index (χ1n) is 7.69. The summed E-state index contributed by atoms with van der Waals surface area (Å²) in [7, 11) is 2.18. The molecule has 0 saturated carbocycles. The van der Waals surface area contributed by atoms with Crippen LogP contribution in [0.3, 0.4) is 0 Å². The van der Waals surface area contributed by atoms with Crippen LogP contribution in [0.15, 0.2) is 59.7 Å². The summed E-state index contributed by atoms with van der Waals surface area (Å²) in [5.41, 5.74) is 6.41. The van der Waals surface area contributed by atoms with E-state index in [4.69, 9.17) is 0 Å². The van der Waals surface area contributed by atoms with E-state index in [2.05, 4.69) is 51.6 Å². The third-order valence-electron chi connectivity index (χ3n) is 3.94. The maximum Gasteiger partial charge on any atom is 0.0561 e. The number of rotatable bonds is 4. The van der Waals surface area contributed by atoms with Crippen molar-refractivity contribution in [2.45, 2.75) is 0 Å². The molecule has 114 valence electrons. The molecule has 2 aromatic carbocycles. The predicted molar refractivity (Wildman–Crippen MR) is 93.8 cm³/mol. The second-order valence-electron chi connectivity index (χ2n) is 5.62. The predicted octanol–water partition coefficient (Wildman–Crippen LogP) is 2.88. The summed E-state index contributed by atoms with van der Waals surface area (Å²) in [5.74, 6) is 0. The van der Waals surface area contributed by atoms with Crippen LogP contribution in [0.2, 0.25) is 0 Å². The molecule has 0 bridgehead atoms. The van der Waals surface area contributed by atoms with E-state index in [1.165, 1.54) is 5.69 Å². The first-order chi connectivity index (χ1) is 10.8. The molecule has 22 heavy (non-hydrogen) atoms. The molecule has 0 radical (unpaired) electrons. The number of benzene rings is 2. The highest BCUT2D eigenvalue weighted by molar-refractivity contribution is 5.81. The van der Waals surface area contributed by atoms with E-state index in [1.807, 2.05) is 36.5 Å². The number of hydrogen-bond donors (Lipinski definition) is 1. The van der Waals surface area contributed by atoms with Crippen molar-refractivity contribution in [3.63, 3.8) is 0 Å². The third kappa shape index (κ3) is 3.86. The Morgan fingerprint density at radius 1 is 0.909 bits per heavy atom. The molecule has 3 rings (SSSR count). The van der Waals surface area contributed by atoms with Gasteiger partial charge in [0.2, 0.25) is 0 Å². The van der Waals surface area contributed by atoms with Crippen LogP contribution in [0, 0.1) is 0 Å². The van der Waals surface area contributed by atoms with E-state index in [0.29, 0.717) is 0 Å². The lowest BCUT2D eigenvalue weighted by Crippen LogP contribution is -2.44. The normalized spacial score (nSPS) is 16.1. The van der Waals surface area contributed by atoms with E-state index < -0.39 is 0 Å². The van der Waals surface area contributed by atoms with Gasteiger partial charge in [0.05, 0.1) is 11.9 Å². The van der Waals surface area contributed by atoms with Gasteiger partial charge >= 0.3 is 0 Å². The molecule has 1 N–H and O–H groups in total. The standard InChI is InChI=1S/C18H22N4/c1-21-11-13-22(14-12-21)18-9-7-16(8-10-18)15-19-20-17-5-3-2-4-6-17/h2-10,15,20H,11-14H2,1H3/b19-15+. The molecule has 0 amide bonds. The first-order valence-corrected chi connectivity index (χ1v) is 7.69. The average molecular weight is 294 g/mol. The van der Waals surface area contributed by atoms with Crippen molar-refractivity contribution in [2.75, 3.05) is 43.6 Å². The summed E-state index contributed by atoms with van der Waals surface area (Å²) in [5, 5.41) is 4.27. The zero-order valence-electron chi connectivity index (χ0n) is 12.9. The van der Waals surface area contributed by atoms with E-state index in [1.54, 1.807) is 0 Å². The maximum atomic E-state index is 4.27.